The first kappa shape index (κ1) is 9.21. The summed E-state index contributed by atoms with van der Waals surface area (Å²) < 4.78 is 18.6. The fraction of sp³-hybridized carbons (Fsp3) is 0.273. The smallest absolute Gasteiger partial charge is 0.169 e. The molecule has 0 fully saturated rings. The molecule has 1 unspecified atom stereocenters. The largest absolute Gasteiger partial charge is 0.458 e. The first-order chi connectivity index (χ1) is 6.66. The summed E-state index contributed by atoms with van der Waals surface area (Å²) in [5.74, 6) is 0.415. The molecule has 0 saturated carbocycles. The van der Waals surface area contributed by atoms with Gasteiger partial charge in [-0.05, 0) is 19.1 Å². The van der Waals surface area contributed by atoms with Gasteiger partial charge in [0.25, 0.3) is 0 Å². The van der Waals surface area contributed by atoms with Crippen LogP contribution in [0.25, 0.3) is 11.0 Å². The summed E-state index contributed by atoms with van der Waals surface area (Å²) in [6.45, 7) is 1.89. The molecule has 2 aromatic rings. The van der Waals surface area contributed by atoms with Crippen LogP contribution in [0.3, 0.4) is 0 Å². The zero-order chi connectivity index (χ0) is 10.1. The average Bonchev–Trinajstić information content (AvgIpc) is 2.47. The molecule has 0 saturated heterocycles. The second kappa shape index (κ2) is 3.42. The Bertz CT molecular complexity index is 447. The van der Waals surface area contributed by atoms with Gasteiger partial charge in [-0.1, -0.05) is 12.1 Å². The van der Waals surface area contributed by atoms with Crippen molar-refractivity contribution >= 4 is 11.0 Å². The number of hydrogen-bond donors (Lipinski definition) is 1. The van der Waals surface area contributed by atoms with Crippen molar-refractivity contribution in [1.29, 1.82) is 0 Å². The van der Waals surface area contributed by atoms with Crippen LogP contribution in [0.4, 0.5) is 4.39 Å². The number of furan rings is 1. The summed E-state index contributed by atoms with van der Waals surface area (Å²) in [7, 11) is 0. The van der Waals surface area contributed by atoms with Gasteiger partial charge in [0.05, 0.1) is 0 Å². The number of rotatable bonds is 2. The molecule has 2 rings (SSSR count). The number of hydrogen-bond acceptors (Lipinski definition) is 2. The summed E-state index contributed by atoms with van der Waals surface area (Å²) in [6.07, 6.45) is 0.633. The van der Waals surface area contributed by atoms with Gasteiger partial charge in [0.1, 0.15) is 5.76 Å². The lowest BCUT2D eigenvalue weighted by molar-refractivity contribution is 0.503. The maximum Gasteiger partial charge on any atom is 0.169 e. The minimum absolute atomic E-state index is 0.0265. The predicted molar refractivity (Wildman–Crippen MR) is 53.5 cm³/mol. The van der Waals surface area contributed by atoms with Gasteiger partial charge in [-0.25, -0.2) is 4.39 Å². The molecule has 0 amide bonds. The second-order valence-corrected chi connectivity index (χ2v) is 3.55. The highest BCUT2D eigenvalue weighted by Crippen LogP contribution is 2.22. The SMILES string of the molecule is CC(N)Cc1cc2cccc(F)c2o1. The van der Waals surface area contributed by atoms with Crippen molar-refractivity contribution in [2.75, 3.05) is 0 Å². The Labute approximate surface area is 81.5 Å². The van der Waals surface area contributed by atoms with Gasteiger partial charge in [0, 0.05) is 17.8 Å². The lowest BCUT2D eigenvalue weighted by atomic mass is 10.2. The Balaban J connectivity index is 2.46. The Hall–Kier alpha value is -1.35. The van der Waals surface area contributed by atoms with E-state index < -0.39 is 0 Å². The normalized spacial score (nSPS) is 13.4. The molecule has 0 aliphatic carbocycles. The lowest BCUT2D eigenvalue weighted by Gasteiger charge is -1.99. The summed E-state index contributed by atoms with van der Waals surface area (Å²) in [6, 6.07) is 6.75. The monoisotopic (exact) mass is 193 g/mol. The molecule has 0 bridgehead atoms. The minimum atomic E-state index is -0.321. The molecular weight excluding hydrogens is 181 g/mol. The number of fused-ring (bicyclic) bond motifs is 1. The Morgan fingerprint density at radius 3 is 2.93 bits per heavy atom. The summed E-state index contributed by atoms with van der Waals surface area (Å²) >= 11 is 0. The lowest BCUT2D eigenvalue weighted by Crippen LogP contribution is -2.17. The Morgan fingerprint density at radius 1 is 1.50 bits per heavy atom. The van der Waals surface area contributed by atoms with E-state index in [0.29, 0.717) is 12.0 Å². The van der Waals surface area contributed by atoms with E-state index in [0.717, 1.165) is 11.1 Å². The minimum Gasteiger partial charge on any atom is -0.458 e. The third kappa shape index (κ3) is 1.63. The van der Waals surface area contributed by atoms with Crippen molar-refractivity contribution in [2.24, 2.45) is 5.73 Å². The molecule has 74 valence electrons. The van der Waals surface area contributed by atoms with Crippen molar-refractivity contribution in [3.63, 3.8) is 0 Å². The summed E-state index contributed by atoms with van der Waals surface area (Å²) in [5.41, 5.74) is 5.95. The van der Waals surface area contributed by atoms with E-state index >= 15 is 0 Å². The van der Waals surface area contributed by atoms with Crippen LogP contribution in [0, 0.1) is 5.82 Å². The predicted octanol–water partition coefficient (Wildman–Crippen LogP) is 2.46. The third-order valence-electron chi connectivity index (χ3n) is 2.07. The van der Waals surface area contributed by atoms with E-state index in [1.807, 2.05) is 19.1 Å². The van der Waals surface area contributed by atoms with Crippen LogP contribution in [-0.2, 0) is 6.42 Å². The van der Waals surface area contributed by atoms with Crippen LogP contribution >= 0.6 is 0 Å². The van der Waals surface area contributed by atoms with Crippen molar-refractivity contribution < 1.29 is 8.81 Å². The molecule has 0 aliphatic rings. The van der Waals surface area contributed by atoms with Gasteiger partial charge in [0.15, 0.2) is 11.4 Å². The standard InChI is InChI=1S/C11H12FNO/c1-7(13)5-9-6-8-3-2-4-10(12)11(8)14-9/h2-4,6-7H,5,13H2,1H3. The van der Waals surface area contributed by atoms with Crippen LogP contribution in [0.15, 0.2) is 28.7 Å². The molecule has 1 heterocycles. The summed E-state index contributed by atoms with van der Waals surface area (Å²) in [4.78, 5) is 0. The average molecular weight is 193 g/mol. The van der Waals surface area contributed by atoms with Crippen LogP contribution in [0.5, 0.6) is 0 Å². The quantitative estimate of drug-likeness (QED) is 0.795. The van der Waals surface area contributed by atoms with Crippen molar-refractivity contribution in [3.8, 4) is 0 Å². The topological polar surface area (TPSA) is 39.2 Å². The van der Waals surface area contributed by atoms with Crippen molar-refractivity contribution in [3.05, 3.63) is 35.8 Å². The third-order valence-corrected chi connectivity index (χ3v) is 2.07. The van der Waals surface area contributed by atoms with Gasteiger partial charge in [0.2, 0.25) is 0 Å². The maximum atomic E-state index is 13.2. The van der Waals surface area contributed by atoms with Gasteiger partial charge < -0.3 is 10.2 Å². The van der Waals surface area contributed by atoms with Gasteiger partial charge in [-0.3, -0.25) is 0 Å². The molecular formula is C11H12FNO. The highest BCUT2D eigenvalue weighted by atomic mass is 19.1. The van der Waals surface area contributed by atoms with Gasteiger partial charge >= 0.3 is 0 Å². The van der Waals surface area contributed by atoms with Crippen LogP contribution in [-0.4, -0.2) is 6.04 Å². The maximum absolute atomic E-state index is 13.2. The molecule has 14 heavy (non-hydrogen) atoms. The first-order valence-corrected chi connectivity index (χ1v) is 4.59. The number of nitrogens with two attached hydrogens (primary N) is 1. The van der Waals surface area contributed by atoms with E-state index in [4.69, 9.17) is 10.2 Å². The van der Waals surface area contributed by atoms with Crippen molar-refractivity contribution in [2.45, 2.75) is 19.4 Å². The highest BCUT2D eigenvalue weighted by molar-refractivity contribution is 5.78. The zero-order valence-corrected chi connectivity index (χ0v) is 7.96. The number of benzene rings is 1. The van der Waals surface area contributed by atoms with Gasteiger partial charge in [-0.2, -0.15) is 0 Å². The van der Waals surface area contributed by atoms with Gasteiger partial charge in [-0.15, -0.1) is 0 Å². The molecule has 0 radical (unpaired) electrons. The van der Waals surface area contributed by atoms with E-state index in [9.17, 15) is 4.39 Å². The Morgan fingerprint density at radius 2 is 2.29 bits per heavy atom. The van der Waals surface area contributed by atoms with Crippen LogP contribution < -0.4 is 5.73 Å². The number of para-hydroxylation sites is 1. The number of halogens is 1. The molecule has 3 heteroatoms. The molecule has 1 aromatic heterocycles. The molecule has 0 spiro atoms. The molecule has 1 atom stereocenters. The van der Waals surface area contributed by atoms with E-state index in [1.165, 1.54) is 6.07 Å². The van der Waals surface area contributed by atoms with Crippen molar-refractivity contribution in [1.82, 2.24) is 0 Å². The molecule has 0 aliphatic heterocycles. The molecule has 2 nitrogen and oxygen atoms in total. The van der Waals surface area contributed by atoms with Crippen LogP contribution in [0.2, 0.25) is 0 Å². The zero-order valence-electron chi connectivity index (χ0n) is 7.96. The molecule has 1 aromatic carbocycles. The Kier molecular flexibility index (Phi) is 2.25. The summed E-state index contributed by atoms with van der Waals surface area (Å²) in [5, 5.41) is 0.792. The van der Waals surface area contributed by atoms with E-state index in [1.54, 1.807) is 6.07 Å². The fourth-order valence-corrected chi connectivity index (χ4v) is 1.50. The molecule has 2 N–H and O–H groups in total. The van der Waals surface area contributed by atoms with E-state index in [-0.39, 0.29) is 11.9 Å². The van der Waals surface area contributed by atoms with Crippen LogP contribution in [0.1, 0.15) is 12.7 Å². The van der Waals surface area contributed by atoms with E-state index in [2.05, 4.69) is 0 Å². The first-order valence-electron chi connectivity index (χ1n) is 4.59. The second-order valence-electron chi connectivity index (χ2n) is 3.55. The fourth-order valence-electron chi connectivity index (χ4n) is 1.50. The highest BCUT2D eigenvalue weighted by Gasteiger charge is 2.08.